The molecule has 0 saturated heterocycles. The number of rotatable bonds is 6. The zero-order chi connectivity index (χ0) is 23.9. The zero-order valence-electron chi connectivity index (χ0n) is 20.9. The maximum atomic E-state index is 4.59. The first-order valence-corrected chi connectivity index (χ1v) is 14.1. The summed E-state index contributed by atoms with van der Waals surface area (Å²) in [5.74, 6) is 0. The second-order valence-electron chi connectivity index (χ2n) is 10.5. The van der Waals surface area contributed by atoms with Crippen LogP contribution in [0.2, 0.25) is 0 Å². The van der Waals surface area contributed by atoms with Crippen molar-refractivity contribution in [3.05, 3.63) is 99.0 Å². The van der Waals surface area contributed by atoms with Gasteiger partial charge in [0.15, 0.2) is 0 Å². The van der Waals surface area contributed by atoms with Gasteiger partial charge < -0.3 is 4.90 Å². The van der Waals surface area contributed by atoms with Crippen LogP contribution in [-0.2, 0) is 0 Å². The minimum atomic E-state index is 0.253. The molecule has 0 saturated carbocycles. The monoisotopic (exact) mass is 485 g/mol. The predicted molar refractivity (Wildman–Crippen MR) is 150 cm³/mol. The highest BCUT2D eigenvalue weighted by atomic mass is 32.2. The summed E-state index contributed by atoms with van der Waals surface area (Å²) < 4.78 is 0. The fraction of sp³-hybridized carbons (Fsp3) is 0.355. The summed E-state index contributed by atoms with van der Waals surface area (Å²) in [6.45, 7) is 15.1. The second-order valence-corrected chi connectivity index (χ2v) is 12.7. The van der Waals surface area contributed by atoms with E-state index in [1.807, 2.05) is 23.5 Å². The Kier molecular flexibility index (Phi) is 6.61. The van der Waals surface area contributed by atoms with Gasteiger partial charge in [0.25, 0.3) is 0 Å². The van der Waals surface area contributed by atoms with Gasteiger partial charge in [-0.05, 0) is 84.1 Å². The molecule has 176 valence electrons. The van der Waals surface area contributed by atoms with E-state index in [1.165, 1.54) is 42.1 Å². The van der Waals surface area contributed by atoms with Gasteiger partial charge in [-0.2, -0.15) is 0 Å². The van der Waals surface area contributed by atoms with Crippen molar-refractivity contribution >= 4 is 29.2 Å². The van der Waals surface area contributed by atoms with Crippen LogP contribution in [0.15, 0.2) is 103 Å². The lowest BCUT2D eigenvalue weighted by atomic mass is 9.72. The maximum Gasteiger partial charge on any atom is 0.0837 e. The number of hydrogen-bond donors (Lipinski definition) is 0. The molecule has 0 amide bonds. The van der Waals surface area contributed by atoms with E-state index in [2.05, 4.69) is 93.8 Å². The van der Waals surface area contributed by atoms with E-state index in [1.54, 1.807) is 11.1 Å². The summed E-state index contributed by atoms with van der Waals surface area (Å²) in [5, 5.41) is 1.47. The van der Waals surface area contributed by atoms with E-state index in [0.29, 0.717) is 0 Å². The number of anilines is 1. The normalized spacial score (nSPS) is 20.2. The summed E-state index contributed by atoms with van der Waals surface area (Å²) in [6.07, 6.45) is 8.20. The molecule has 3 aliphatic rings. The van der Waals surface area contributed by atoms with E-state index >= 15 is 0 Å². The van der Waals surface area contributed by atoms with Crippen molar-refractivity contribution in [2.75, 3.05) is 11.4 Å². The Labute approximate surface area is 214 Å². The lowest BCUT2D eigenvalue weighted by molar-refractivity contribution is 0.351. The smallest absolute Gasteiger partial charge is 0.0837 e. The van der Waals surface area contributed by atoms with Crippen molar-refractivity contribution in [3.63, 3.8) is 0 Å². The third-order valence-corrected chi connectivity index (χ3v) is 9.47. The largest absolute Gasteiger partial charge is 0.334 e. The summed E-state index contributed by atoms with van der Waals surface area (Å²) in [4.78, 5) is 6.47. The Morgan fingerprint density at radius 3 is 2.65 bits per heavy atom. The van der Waals surface area contributed by atoms with Gasteiger partial charge in [-0.15, -0.1) is 0 Å². The molecule has 2 aromatic carbocycles. The van der Waals surface area contributed by atoms with Crippen LogP contribution in [0.5, 0.6) is 0 Å². The van der Waals surface area contributed by atoms with Crippen LogP contribution in [-0.4, -0.2) is 6.54 Å². The van der Waals surface area contributed by atoms with E-state index in [9.17, 15) is 0 Å². The van der Waals surface area contributed by atoms with Crippen LogP contribution in [0.25, 0.3) is 0 Å². The molecule has 0 atom stereocenters. The van der Waals surface area contributed by atoms with Crippen LogP contribution in [0.4, 0.5) is 5.69 Å². The van der Waals surface area contributed by atoms with E-state index < -0.39 is 0 Å². The highest BCUT2D eigenvalue weighted by Gasteiger charge is 2.36. The third-order valence-electron chi connectivity index (χ3n) is 7.08. The minimum absolute atomic E-state index is 0.253. The molecule has 2 heterocycles. The number of benzene rings is 2. The van der Waals surface area contributed by atoms with Crippen LogP contribution < -0.4 is 4.90 Å². The Balaban J connectivity index is 1.53. The topological polar surface area (TPSA) is 3.24 Å². The molecule has 0 aromatic heterocycles. The van der Waals surface area contributed by atoms with Gasteiger partial charge in [-0.1, -0.05) is 93.7 Å². The Hall–Kier alpha value is -2.10. The number of fused-ring (bicyclic) bond motifs is 3. The number of thioether (sulfide) groups is 2. The lowest BCUT2D eigenvalue weighted by Gasteiger charge is -2.34. The number of para-hydroxylation sites is 1. The molecule has 1 aliphatic carbocycles. The average Bonchev–Trinajstić information content (AvgIpc) is 3.37. The van der Waals surface area contributed by atoms with Crippen LogP contribution in [0, 0.1) is 12.3 Å². The molecule has 0 N–H and O–H groups in total. The van der Waals surface area contributed by atoms with Crippen LogP contribution in [0.3, 0.4) is 0 Å². The van der Waals surface area contributed by atoms with Gasteiger partial charge in [-0.3, -0.25) is 0 Å². The second kappa shape index (κ2) is 9.51. The number of nitrogens with zero attached hydrogens (tertiary/aromatic N) is 1. The molecule has 5 rings (SSSR count). The van der Waals surface area contributed by atoms with Crippen molar-refractivity contribution in [1.29, 1.82) is 0 Å². The molecule has 0 bridgehead atoms. The standard InChI is InChI=1S/C31H35NS2/c1-6-11-25(22(3)33-28-14-9-7-12-21(28)2)23-18-24(20-31(4,5)19-23)26-16-17-32-27-13-8-10-15-29(27)34-30(26)32/h7-10,12-15,18H,3,6,11,16-17,19-20H2,1-2,4-5H3/b25-23-. The molecule has 0 fully saturated rings. The molecular weight excluding hydrogens is 450 g/mol. The molecular formula is C31H35NS2. The van der Waals surface area contributed by atoms with Gasteiger partial charge in [0.1, 0.15) is 0 Å². The first-order chi connectivity index (χ1) is 16.4. The highest BCUT2D eigenvalue weighted by molar-refractivity contribution is 8.04. The van der Waals surface area contributed by atoms with Gasteiger partial charge >= 0.3 is 0 Å². The summed E-state index contributed by atoms with van der Waals surface area (Å²) >= 11 is 3.81. The van der Waals surface area contributed by atoms with Crippen molar-refractivity contribution < 1.29 is 0 Å². The van der Waals surface area contributed by atoms with Crippen molar-refractivity contribution in [1.82, 2.24) is 0 Å². The van der Waals surface area contributed by atoms with Gasteiger partial charge in [0, 0.05) is 21.2 Å². The molecule has 1 nitrogen and oxygen atoms in total. The van der Waals surface area contributed by atoms with E-state index in [4.69, 9.17) is 0 Å². The Morgan fingerprint density at radius 1 is 1.09 bits per heavy atom. The molecule has 0 spiro atoms. The molecule has 34 heavy (non-hydrogen) atoms. The maximum absolute atomic E-state index is 4.59. The minimum Gasteiger partial charge on any atom is -0.334 e. The lowest BCUT2D eigenvalue weighted by Crippen LogP contribution is -2.19. The SMILES string of the molecule is C=C(Sc1ccccc1C)/C(CCC)=C1/C=C(C2=C3Sc4ccccc4N3CC2)CC(C)(C)C1. The number of allylic oxidation sites excluding steroid dienone is 4. The van der Waals surface area contributed by atoms with Crippen LogP contribution >= 0.6 is 23.5 Å². The third kappa shape index (κ3) is 4.57. The van der Waals surface area contributed by atoms with Crippen molar-refractivity contribution in [2.24, 2.45) is 5.41 Å². The van der Waals surface area contributed by atoms with Crippen molar-refractivity contribution in [3.8, 4) is 0 Å². The molecule has 2 aromatic rings. The number of hydrogen-bond acceptors (Lipinski definition) is 3. The van der Waals surface area contributed by atoms with E-state index in [0.717, 1.165) is 38.6 Å². The van der Waals surface area contributed by atoms with Crippen molar-refractivity contribution in [2.45, 2.75) is 69.6 Å². The number of aryl methyl sites for hydroxylation is 1. The first-order valence-electron chi connectivity index (χ1n) is 12.5. The molecule has 2 aliphatic heterocycles. The predicted octanol–water partition coefficient (Wildman–Crippen LogP) is 9.67. The highest BCUT2D eigenvalue weighted by Crippen LogP contribution is 2.54. The molecule has 3 heteroatoms. The Bertz CT molecular complexity index is 1230. The quantitative estimate of drug-likeness (QED) is 0.375. The van der Waals surface area contributed by atoms with Crippen LogP contribution in [0.1, 0.15) is 58.4 Å². The van der Waals surface area contributed by atoms with Gasteiger partial charge in [0.2, 0.25) is 0 Å². The fourth-order valence-corrected chi connectivity index (χ4v) is 7.79. The van der Waals surface area contributed by atoms with Gasteiger partial charge in [0.05, 0.1) is 10.7 Å². The fourth-order valence-electron chi connectivity index (χ4n) is 5.50. The zero-order valence-corrected chi connectivity index (χ0v) is 22.5. The summed E-state index contributed by atoms with van der Waals surface area (Å²) in [7, 11) is 0. The van der Waals surface area contributed by atoms with E-state index in [-0.39, 0.29) is 5.41 Å². The summed E-state index contributed by atoms with van der Waals surface area (Å²) in [6, 6.07) is 17.5. The summed E-state index contributed by atoms with van der Waals surface area (Å²) in [5.41, 5.74) is 9.05. The first kappa shape index (κ1) is 23.6. The molecule has 0 radical (unpaired) electrons. The Morgan fingerprint density at radius 2 is 1.85 bits per heavy atom. The molecule has 0 unspecified atom stereocenters. The average molecular weight is 486 g/mol. The van der Waals surface area contributed by atoms with Gasteiger partial charge in [-0.25, -0.2) is 0 Å².